The molecule has 1 rings (SSSR count). The number of aryl methyl sites for hydroxylation is 2. The van der Waals surface area contributed by atoms with Crippen molar-refractivity contribution in [3.05, 3.63) is 21.9 Å². The number of halogens is 1. The molecule has 0 spiro atoms. The van der Waals surface area contributed by atoms with Crippen LogP contribution in [0, 0.1) is 6.92 Å². The molecule has 13 heavy (non-hydrogen) atoms. The van der Waals surface area contributed by atoms with Crippen LogP contribution in [0.4, 0.5) is 0 Å². The Bertz CT molecular complexity index is 242. The Morgan fingerprint density at radius 2 is 2.23 bits per heavy atom. The van der Waals surface area contributed by atoms with Crippen LogP contribution in [0.1, 0.15) is 36.6 Å². The van der Waals surface area contributed by atoms with Gasteiger partial charge in [0.15, 0.2) is 0 Å². The number of alkyl halides is 1. The van der Waals surface area contributed by atoms with Crippen molar-refractivity contribution in [2.45, 2.75) is 44.4 Å². The van der Waals surface area contributed by atoms with E-state index in [1.807, 2.05) is 11.3 Å². The molecule has 0 aliphatic heterocycles. The largest absolute Gasteiger partial charge is 0.149 e. The van der Waals surface area contributed by atoms with Gasteiger partial charge in [-0.05, 0) is 43.2 Å². The van der Waals surface area contributed by atoms with Crippen LogP contribution in [0.3, 0.4) is 0 Å². The summed E-state index contributed by atoms with van der Waals surface area (Å²) in [5.41, 5.74) is 1.53. The number of hydrogen-bond acceptors (Lipinski definition) is 1. The van der Waals surface area contributed by atoms with Crippen LogP contribution in [-0.4, -0.2) is 4.83 Å². The molecule has 0 fully saturated rings. The first-order chi connectivity index (χ1) is 6.24. The average Bonchev–Trinajstić information content (AvgIpc) is 2.48. The zero-order chi connectivity index (χ0) is 9.68. The van der Waals surface area contributed by atoms with Gasteiger partial charge in [-0.2, -0.15) is 0 Å². The number of hydrogen-bond donors (Lipinski definition) is 0. The van der Waals surface area contributed by atoms with Gasteiger partial charge in [-0.1, -0.05) is 29.3 Å². The molecular formula is C11H17BrS. The van der Waals surface area contributed by atoms with E-state index in [0.29, 0.717) is 4.83 Å². The summed E-state index contributed by atoms with van der Waals surface area (Å²) in [6.45, 7) is 4.45. The lowest BCUT2D eigenvalue weighted by atomic mass is 10.1. The minimum Gasteiger partial charge on any atom is -0.149 e. The van der Waals surface area contributed by atoms with Gasteiger partial charge in [-0.25, -0.2) is 0 Å². The molecule has 2 heteroatoms. The first-order valence-electron chi connectivity index (χ1n) is 4.91. The van der Waals surface area contributed by atoms with Crippen LogP contribution in [0.25, 0.3) is 0 Å². The summed E-state index contributed by atoms with van der Waals surface area (Å²) in [5.74, 6) is 0. The van der Waals surface area contributed by atoms with E-state index in [1.165, 1.54) is 36.1 Å². The van der Waals surface area contributed by atoms with E-state index < -0.39 is 0 Å². The van der Waals surface area contributed by atoms with Gasteiger partial charge in [0, 0.05) is 9.70 Å². The summed E-state index contributed by atoms with van der Waals surface area (Å²) in [6.07, 6.45) is 5.07. The summed E-state index contributed by atoms with van der Waals surface area (Å²) in [6, 6.07) is 2.26. The second kappa shape index (κ2) is 5.82. The van der Waals surface area contributed by atoms with Crippen LogP contribution in [0.15, 0.2) is 11.4 Å². The van der Waals surface area contributed by atoms with Crippen molar-refractivity contribution in [1.82, 2.24) is 0 Å². The van der Waals surface area contributed by atoms with Crippen molar-refractivity contribution in [3.63, 3.8) is 0 Å². The van der Waals surface area contributed by atoms with E-state index >= 15 is 0 Å². The highest BCUT2D eigenvalue weighted by atomic mass is 79.9. The fraction of sp³-hybridized carbons (Fsp3) is 0.636. The minimum atomic E-state index is 0.705. The van der Waals surface area contributed by atoms with Crippen molar-refractivity contribution in [1.29, 1.82) is 0 Å². The minimum absolute atomic E-state index is 0.705. The molecule has 0 aliphatic carbocycles. The molecule has 74 valence electrons. The highest BCUT2D eigenvalue weighted by Crippen LogP contribution is 2.20. The van der Waals surface area contributed by atoms with Crippen LogP contribution < -0.4 is 0 Å². The van der Waals surface area contributed by atoms with Gasteiger partial charge in [0.25, 0.3) is 0 Å². The van der Waals surface area contributed by atoms with Crippen molar-refractivity contribution in [2.24, 2.45) is 0 Å². The summed E-state index contributed by atoms with van der Waals surface area (Å²) in [5, 5.41) is 2.19. The van der Waals surface area contributed by atoms with Gasteiger partial charge in [-0.15, -0.1) is 11.3 Å². The maximum Gasteiger partial charge on any atom is 0.0148 e. The molecule has 0 nitrogen and oxygen atoms in total. The fourth-order valence-electron chi connectivity index (χ4n) is 1.44. The molecular weight excluding hydrogens is 244 g/mol. The van der Waals surface area contributed by atoms with Gasteiger partial charge in [0.2, 0.25) is 0 Å². The lowest BCUT2D eigenvalue weighted by molar-refractivity contribution is 0.693. The SMILES string of the molecule is CCCC(Br)CCc1ccsc1C. The summed E-state index contributed by atoms with van der Waals surface area (Å²) in [7, 11) is 0. The lowest BCUT2D eigenvalue weighted by Gasteiger charge is -2.07. The van der Waals surface area contributed by atoms with E-state index in [9.17, 15) is 0 Å². The second-order valence-corrected chi connectivity index (χ2v) is 5.84. The van der Waals surface area contributed by atoms with E-state index in [2.05, 4.69) is 41.2 Å². The lowest BCUT2D eigenvalue weighted by Crippen LogP contribution is -1.99. The van der Waals surface area contributed by atoms with Gasteiger partial charge in [-0.3, -0.25) is 0 Å². The summed E-state index contributed by atoms with van der Waals surface area (Å²) < 4.78 is 0. The quantitative estimate of drug-likeness (QED) is 0.682. The predicted octanol–water partition coefficient (Wildman–Crippen LogP) is 4.55. The third kappa shape index (κ3) is 3.82. The number of rotatable bonds is 5. The predicted molar refractivity (Wildman–Crippen MR) is 65.0 cm³/mol. The molecule has 1 aromatic heterocycles. The van der Waals surface area contributed by atoms with Gasteiger partial charge >= 0.3 is 0 Å². The molecule has 1 unspecified atom stereocenters. The normalized spacial score (nSPS) is 13.2. The third-order valence-electron chi connectivity index (χ3n) is 2.30. The van der Waals surface area contributed by atoms with Crippen LogP contribution in [-0.2, 0) is 6.42 Å². The van der Waals surface area contributed by atoms with E-state index in [0.717, 1.165) is 0 Å². The summed E-state index contributed by atoms with van der Waals surface area (Å²) in [4.78, 5) is 2.19. The Balaban J connectivity index is 2.30. The molecule has 0 N–H and O–H groups in total. The Labute approximate surface area is 93.5 Å². The Morgan fingerprint density at radius 3 is 2.77 bits per heavy atom. The molecule has 0 aromatic carbocycles. The molecule has 0 saturated carbocycles. The molecule has 1 atom stereocenters. The Hall–Kier alpha value is 0.180. The maximum atomic E-state index is 3.71. The highest BCUT2D eigenvalue weighted by molar-refractivity contribution is 9.09. The smallest absolute Gasteiger partial charge is 0.0148 e. The first kappa shape index (κ1) is 11.3. The van der Waals surface area contributed by atoms with Crippen LogP contribution >= 0.6 is 27.3 Å². The Morgan fingerprint density at radius 1 is 1.46 bits per heavy atom. The zero-order valence-corrected chi connectivity index (χ0v) is 10.7. The second-order valence-electron chi connectivity index (χ2n) is 3.43. The first-order valence-corrected chi connectivity index (χ1v) is 6.70. The summed E-state index contributed by atoms with van der Waals surface area (Å²) >= 11 is 5.57. The highest BCUT2D eigenvalue weighted by Gasteiger charge is 2.05. The third-order valence-corrected chi connectivity index (χ3v) is 4.10. The van der Waals surface area contributed by atoms with Gasteiger partial charge in [0.1, 0.15) is 0 Å². The molecule has 1 heterocycles. The molecule has 0 amide bonds. The van der Waals surface area contributed by atoms with Crippen molar-refractivity contribution in [3.8, 4) is 0 Å². The Kier molecular flexibility index (Phi) is 5.04. The number of thiophene rings is 1. The zero-order valence-electron chi connectivity index (χ0n) is 8.35. The molecule has 0 bridgehead atoms. The average molecular weight is 261 g/mol. The van der Waals surface area contributed by atoms with Crippen molar-refractivity contribution in [2.75, 3.05) is 0 Å². The van der Waals surface area contributed by atoms with Crippen molar-refractivity contribution < 1.29 is 0 Å². The van der Waals surface area contributed by atoms with Gasteiger partial charge in [0.05, 0.1) is 0 Å². The molecule has 1 aromatic rings. The van der Waals surface area contributed by atoms with Crippen molar-refractivity contribution >= 4 is 27.3 Å². The van der Waals surface area contributed by atoms with E-state index in [1.54, 1.807) is 0 Å². The van der Waals surface area contributed by atoms with E-state index in [4.69, 9.17) is 0 Å². The van der Waals surface area contributed by atoms with Crippen LogP contribution in [0.2, 0.25) is 0 Å². The molecule has 0 radical (unpaired) electrons. The molecule has 0 aliphatic rings. The topological polar surface area (TPSA) is 0 Å². The van der Waals surface area contributed by atoms with Crippen LogP contribution in [0.5, 0.6) is 0 Å². The van der Waals surface area contributed by atoms with E-state index in [-0.39, 0.29) is 0 Å². The fourth-order valence-corrected chi connectivity index (χ4v) is 2.88. The monoisotopic (exact) mass is 260 g/mol. The standard InChI is InChI=1S/C11H17BrS/c1-3-4-11(12)6-5-10-7-8-13-9(10)2/h7-8,11H,3-6H2,1-2H3. The maximum absolute atomic E-state index is 3.71. The molecule has 0 saturated heterocycles. The van der Waals surface area contributed by atoms with Gasteiger partial charge < -0.3 is 0 Å².